The van der Waals surface area contributed by atoms with Gasteiger partial charge in [-0.25, -0.2) is 0 Å². The predicted octanol–water partition coefficient (Wildman–Crippen LogP) is 2.02. The summed E-state index contributed by atoms with van der Waals surface area (Å²) in [5, 5.41) is 0. The molecule has 1 aliphatic heterocycles. The van der Waals surface area contributed by atoms with Crippen LogP contribution in [-0.4, -0.2) is 29.4 Å². The maximum atomic E-state index is 12.2. The van der Waals surface area contributed by atoms with Crippen LogP contribution in [0.2, 0.25) is 0 Å². The summed E-state index contributed by atoms with van der Waals surface area (Å²) in [4.78, 5) is 36.0. The summed E-state index contributed by atoms with van der Waals surface area (Å²) in [6.07, 6.45) is 2.85. The lowest BCUT2D eigenvalue weighted by atomic mass is 9.81. The third-order valence-electron chi connectivity index (χ3n) is 3.75. The second-order valence-corrected chi connectivity index (χ2v) is 6.64. The summed E-state index contributed by atoms with van der Waals surface area (Å²) < 4.78 is 10.6. The summed E-state index contributed by atoms with van der Waals surface area (Å²) in [6, 6.07) is 0. The molecule has 0 bridgehead atoms. The number of ketones is 1. The quantitative estimate of drug-likeness (QED) is 0.543. The summed E-state index contributed by atoms with van der Waals surface area (Å²) in [5.74, 6) is -2.30. The van der Waals surface area contributed by atoms with E-state index in [4.69, 9.17) is 9.47 Å². The molecule has 5 nitrogen and oxygen atoms in total. The van der Waals surface area contributed by atoms with Gasteiger partial charge >= 0.3 is 11.9 Å². The van der Waals surface area contributed by atoms with Crippen LogP contribution in [0.4, 0.5) is 0 Å². The lowest BCUT2D eigenvalue weighted by molar-refractivity contribution is -0.165. The molecule has 1 saturated carbocycles. The zero-order valence-corrected chi connectivity index (χ0v) is 12.3. The van der Waals surface area contributed by atoms with E-state index in [9.17, 15) is 14.4 Å². The fraction of sp³-hybridized carbons (Fsp3) is 0.800. The van der Waals surface area contributed by atoms with E-state index in [1.54, 1.807) is 20.8 Å². The number of carbonyl (C=O) groups is 3. The van der Waals surface area contributed by atoms with Crippen molar-refractivity contribution in [2.75, 3.05) is 0 Å². The maximum Gasteiger partial charge on any atom is 0.321 e. The average molecular weight is 282 g/mol. The molecule has 0 aromatic carbocycles. The highest BCUT2D eigenvalue weighted by atomic mass is 16.6. The second-order valence-electron chi connectivity index (χ2n) is 6.64. The number of Topliss-reactive ketones (excluding diaryl/α,β-unsaturated/α-hetero) is 1. The number of rotatable bonds is 1. The number of carbonyl (C=O) groups excluding carboxylic acids is 3. The third kappa shape index (κ3) is 3.38. The molecule has 2 aliphatic rings. The fourth-order valence-electron chi connectivity index (χ4n) is 2.89. The van der Waals surface area contributed by atoms with Crippen LogP contribution in [0.5, 0.6) is 0 Å². The largest absolute Gasteiger partial charge is 0.461 e. The lowest BCUT2D eigenvalue weighted by Gasteiger charge is -2.25. The Bertz CT molecular complexity index is 420. The minimum absolute atomic E-state index is 0.103. The molecule has 112 valence electrons. The molecule has 0 unspecified atom stereocenters. The average Bonchev–Trinajstić information content (AvgIpc) is 2.56. The van der Waals surface area contributed by atoms with Crippen molar-refractivity contribution in [3.05, 3.63) is 0 Å². The van der Waals surface area contributed by atoms with Gasteiger partial charge in [0.2, 0.25) is 0 Å². The Morgan fingerprint density at radius 3 is 2.60 bits per heavy atom. The molecule has 20 heavy (non-hydrogen) atoms. The van der Waals surface area contributed by atoms with E-state index in [0.717, 1.165) is 19.3 Å². The highest BCUT2D eigenvalue weighted by molar-refractivity contribution is 5.97. The molecular formula is C15H22O5. The zero-order valence-electron chi connectivity index (χ0n) is 12.3. The molecule has 1 aliphatic carbocycles. The maximum absolute atomic E-state index is 12.2. The Balaban J connectivity index is 2.16. The van der Waals surface area contributed by atoms with Crippen LogP contribution in [0, 0.1) is 11.8 Å². The van der Waals surface area contributed by atoms with Gasteiger partial charge in [-0.15, -0.1) is 0 Å². The highest BCUT2D eigenvalue weighted by Gasteiger charge is 2.50. The summed E-state index contributed by atoms with van der Waals surface area (Å²) in [5.41, 5.74) is -0.652. The van der Waals surface area contributed by atoms with Crippen LogP contribution in [0.15, 0.2) is 0 Å². The van der Waals surface area contributed by atoms with Gasteiger partial charge in [0.15, 0.2) is 5.92 Å². The Labute approximate surface area is 119 Å². The van der Waals surface area contributed by atoms with E-state index >= 15 is 0 Å². The minimum Gasteiger partial charge on any atom is -0.461 e. The second kappa shape index (κ2) is 5.54. The molecule has 0 aromatic rings. The molecule has 3 atom stereocenters. The van der Waals surface area contributed by atoms with Crippen LogP contribution in [-0.2, 0) is 23.9 Å². The molecule has 1 saturated heterocycles. The SMILES string of the molecule is CC(C)(C)OC(=O)[C@@H]1C(=O)O[C@@H]2CCCCC(=O)C[C@@H]12. The van der Waals surface area contributed by atoms with Crippen LogP contribution in [0.25, 0.3) is 0 Å². The molecule has 1 heterocycles. The first-order chi connectivity index (χ1) is 9.28. The number of hydrogen-bond acceptors (Lipinski definition) is 5. The van der Waals surface area contributed by atoms with E-state index in [1.807, 2.05) is 0 Å². The van der Waals surface area contributed by atoms with Gasteiger partial charge in [0.25, 0.3) is 0 Å². The predicted molar refractivity (Wildman–Crippen MR) is 70.8 cm³/mol. The topological polar surface area (TPSA) is 69.7 Å². The third-order valence-corrected chi connectivity index (χ3v) is 3.75. The van der Waals surface area contributed by atoms with Crippen molar-refractivity contribution in [2.45, 2.75) is 64.6 Å². The molecule has 0 amide bonds. The van der Waals surface area contributed by atoms with Crippen molar-refractivity contribution in [1.29, 1.82) is 0 Å². The van der Waals surface area contributed by atoms with Gasteiger partial charge in [0.05, 0.1) is 0 Å². The fourth-order valence-corrected chi connectivity index (χ4v) is 2.89. The summed E-state index contributed by atoms with van der Waals surface area (Å²) >= 11 is 0. The number of hydrogen-bond donors (Lipinski definition) is 0. The minimum atomic E-state index is -0.943. The summed E-state index contributed by atoms with van der Waals surface area (Å²) in [6.45, 7) is 5.27. The van der Waals surface area contributed by atoms with E-state index in [0.29, 0.717) is 6.42 Å². The number of fused-ring (bicyclic) bond motifs is 1. The van der Waals surface area contributed by atoms with Crippen molar-refractivity contribution >= 4 is 17.7 Å². The standard InChI is InChI=1S/C15H22O5/c1-15(2,3)20-14(18)12-10-8-9(16)6-4-5-7-11(10)19-13(12)17/h10-12H,4-8H2,1-3H3/t10-,11-,12+/m1/s1. The van der Waals surface area contributed by atoms with Crippen molar-refractivity contribution in [1.82, 2.24) is 0 Å². The first-order valence-electron chi connectivity index (χ1n) is 7.23. The summed E-state index contributed by atoms with van der Waals surface area (Å²) in [7, 11) is 0. The van der Waals surface area contributed by atoms with Gasteiger partial charge in [0, 0.05) is 18.8 Å². The lowest BCUT2D eigenvalue weighted by Crippen LogP contribution is -2.36. The monoisotopic (exact) mass is 282 g/mol. The normalized spacial score (nSPS) is 31.1. The Morgan fingerprint density at radius 1 is 1.25 bits per heavy atom. The Morgan fingerprint density at radius 2 is 1.95 bits per heavy atom. The Kier molecular flexibility index (Phi) is 4.16. The van der Waals surface area contributed by atoms with E-state index in [1.165, 1.54) is 0 Å². The molecule has 2 fully saturated rings. The first-order valence-corrected chi connectivity index (χ1v) is 7.23. The van der Waals surface area contributed by atoms with Crippen LogP contribution < -0.4 is 0 Å². The van der Waals surface area contributed by atoms with Gasteiger partial charge in [0.1, 0.15) is 17.5 Å². The van der Waals surface area contributed by atoms with Crippen molar-refractivity contribution in [3.63, 3.8) is 0 Å². The molecule has 0 radical (unpaired) electrons. The van der Waals surface area contributed by atoms with Gasteiger partial charge in [-0.3, -0.25) is 14.4 Å². The molecule has 0 N–H and O–H groups in total. The van der Waals surface area contributed by atoms with Gasteiger partial charge in [-0.05, 0) is 40.0 Å². The molecule has 5 heteroatoms. The van der Waals surface area contributed by atoms with E-state index < -0.39 is 23.5 Å². The Hall–Kier alpha value is -1.39. The van der Waals surface area contributed by atoms with Crippen LogP contribution in [0.1, 0.15) is 52.9 Å². The van der Waals surface area contributed by atoms with Crippen molar-refractivity contribution in [2.24, 2.45) is 11.8 Å². The highest BCUT2D eigenvalue weighted by Crippen LogP contribution is 2.37. The smallest absolute Gasteiger partial charge is 0.321 e. The van der Waals surface area contributed by atoms with E-state index in [2.05, 4.69) is 0 Å². The van der Waals surface area contributed by atoms with Gasteiger partial charge in [-0.1, -0.05) is 0 Å². The molecule has 0 spiro atoms. The van der Waals surface area contributed by atoms with Crippen LogP contribution >= 0.6 is 0 Å². The van der Waals surface area contributed by atoms with E-state index in [-0.39, 0.29) is 24.2 Å². The molecular weight excluding hydrogens is 260 g/mol. The van der Waals surface area contributed by atoms with Crippen molar-refractivity contribution in [3.8, 4) is 0 Å². The first kappa shape index (κ1) is 15.0. The number of ether oxygens (including phenoxy) is 2. The van der Waals surface area contributed by atoms with Gasteiger partial charge in [-0.2, -0.15) is 0 Å². The molecule has 0 aromatic heterocycles. The zero-order chi connectivity index (χ0) is 14.9. The van der Waals surface area contributed by atoms with Crippen molar-refractivity contribution < 1.29 is 23.9 Å². The van der Waals surface area contributed by atoms with Crippen LogP contribution in [0.3, 0.4) is 0 Å². The van der Waals surface area contributed by atoms with Gasteiger partial charge < -0.3 is 9.47 Å². The molecule has 2 rings (SSSR count). The number of esters is 2.